The van der Waals surface area contributed by atoms with E-state index in [2.05, 4.69) is 23.4 Å². The van der Waals surface area contributed by atoms with E-state index < -0.39 is 11.1 Å². The van der Waals surface area contributed by atoms with Crippen molar-refractivity contribution in [1.29, 1.82) is 0 Å². The molecular formula is C20H37BN2O3S. The van der Waals surface area contributed by atoms with Crippen LogP contribution < -0.4 is 5.23 Å². The van der Waals surface area contributed by atoms with Crippen LogP contribution in [-0.2, 0) is 14.4 Å². The Balaban J connectivity index is 2.99. The highest BCUT2D eigenvalue weighted by Gasteiger charge is 2.42. The Labute approximate surface area is 170 Å². The van der Waals surface area contributed by atoms with Crippen LogP contribution in [-0.4, -0.2) is 52.3 Å². The monoisotopic (exact) mass is 396 g/mol. The van der Waals surface area contributed by atoms with E-state index in [0.717, 1.165) is 25.7 Å². The number of aldehydes is 1. The van der Waals surface area contributed by atoms with Crippen molar-refractivity contribution in [3.8, 4) is 0 Å². The molecular weight excluding hydrogens is 359 g/mol. The Morgan fingerprint density at radius 3 is 2.30 bits per heavy atom. The minimum atomic E-state index is -0.679. The Hall–Kier alpha value is -0.655. The highest BCUT2D eigenvalue weighted by molar-refractivity contribution is 7.98. The van der Waals surface area contributed by atoms with Crippen LogP contribution in [0, 0.1) is 11.8 Å². The summed E-state index contributed by atoms with van der Waals surface area (Å²) < 4.78 is 2.14. The Kier molecular flexibility index (Phi) is 9.23. The average Bonchev–Trinajstić information content (AvgIpc) is 2.61. The first-order valence-corrected chi connectivity index (χ1v) is 11.0. The first-order valence-electron chi connectivity index (χ1n) is 10.2. The number of carbonyl (C=O) groups excluding carboxylic acids is 3. The van der Waals surface area contributed by atoms with Crippen LogP contribution in [0.4, 0.5) is 0 Å². The molecule has 0 bridgehead atoms. The molecule has 1 aliphatic heterocycles. The van der Waals surface area contributed by atoms with Gasteiger partial charge in [-0.15, -0.1) is 0 Å². The van der Waals surface area contributed by atoms with Crippen LogP contribution in [0.25, 0.3) is 0 Å². The summed E-state index contributed by atoms with van der Waals surface area (Å²) in [6.45, 7) is 14.6. The molecule has 5 unspecified atom stereocenters. The van der Waals surface area contributed by atoms with Crippen LogP contribution in [0.1, 0.15) is 74.1 Å². The molecule has 5 nitrogen and oxygen atoms in total. The molecule has 27 heavy (non-hydrogen) atoms. The van der Waals surface area contributed by atoms with E-state index in [1.165, 1.54) is 11.9 Å². The second kappa shape index (κ2) is 10.2. The van der Waals surface area contributed by atoms with E-state index in [1.54, 1.807) is 6.92 Å². The first kappa shape index (κ1) is 24.4. The molecule has 1 aliphatic rings. The number of nitrogens with zero attached hydrogens (tertiary/aromatic N) is 1. The van der Waals surface area contributed by atoms with E-state index in [-0.39, 0.29) is 24.1 Å². The topological polar surface area (TPSA) is 66.5 Å². The molecule has 0 aromatic heterocycles. The minimum absolute atomic E-state index is 0.0419. The summed E-state index contributed by atoms with van der Waals surface area (Å²) in [5.41, 5.74) is -1.27. The lowest BCUT2D eigenvalue weighted by atomic mass is 9.70. The van der Waals surface area contributed by atoms with Gasteiger partial charge < -0.3 is 14.8 Å². The maximum Gasteiger partial charge on any atom is 0.286 e. The third kappa shape index (κ3) is 6.16. The summed E-state index contributed by atoms with van der Waals surface area (Å²) in [5, 5.41) is 3.08. The van der Waals surface area contributed by atoms with Crippen molar-refractivity contribution in [2.75, 3.05) is 6.54 Å². The normalized spacial score (nSPS) is 28.9. The lowest BCUT2D eigenvalue weighted by Gasteiger charge is -2.43. The van der Waals surface area contributed by atoms with E-state index in [9.17, 15) is 14.4 Å². The molecule has 0 radical (unpaired) electrons. The second-order valence-electron chi connectivity index (χ2n) is 8.67. The molecule has 1 saturated heterocycles. The van der Waals surface area contributed by atoms with Crippen molar-refractivity contribution >= 4 is 37.1 Å². The van der Waals surface area contributed by atoms with Gasteiger partial charge in [0.05, 0.1) is 16.3 Å². The number of carbonyl (C=O) groups is 3. The molecule has 0 aromatic rings. The smallest absolute Gasteiger partial charge is 0.286 e. The molecule has 0 aliphatic carbocycles. The second-order valence-corrected chi connectivity index (χ2v) is 9.93. The SMILES string of the molecule is CCC(C)(NBC(=O)C(C)(CC)N1CC(C)CC(C)CC(C=O)S1)C(C)=O. The summed E-state index contributed by atoms with van der Waals surface area (Å²) in [7, 11) is 0.155. The van der Waals surface area contributed by atoms with Crippen molar-refractivity contribution in [1.82, 2.24) is 9.53 Å². The zero-order valence-corrected chi connectivity index (χ0v) is 18.9. The van der Waals surface area contributed by atoms with Gasteiger partial charge in [0.15, 0.2) is 0 Å². The largest absolute Gasteiger partial charge is 0.341 e. The van der Waals surface area contributed by atoms with Crippen molar-refractivity contribution in [3.05, 3.63) is 0 Å². The van der Waals surface area contributed by atoms with Crippen LogP contribution in [0.2, 0.25) is 0 Å². The van der Waals surface area contributed by atoms with Crippen LogP contribution in [0.15, 0.2) is 0 Å². The lowest BCUT2D eigenvalue weighted by molar-refractivity contribution is -0.122. The Morgan fingerprint density at radius 2 is 1.81 bits per heavy atom. The van der Waals surface area contributed by atoms with Gasteiger partial charge in [0, 0.05) is 6.54 Å². The molecule has 7 heteroatoms. The van der Waals surface area contributed by atoms with Crippen LogP contribution in [0.3, 0.4) is 0 Å². The van der Waals surface area contributed by atoms with Gasteiger partial charge in [-0.05, 0) is 58.3 Å². The maximum absolute atomic E-state index is 13.2. The molecule has 0 saturated carbocycles. The van der Waals surface area contributed by atoms with Gasteiger partial charge in [0.1, 0.15) is 17.8 Å². The summed E-state index contributed by atoms with van der Waals surface area (Å²) in [6, 6.07) is 0. The number of Topliss-reactive ketones (excluding diaryl/α,β-unsaturated/α-hetero) is 1. The molecule has 0 aromatic carbocycles. The third-order valence-electron chi connectivity index (χ3n) is 6.29. The Morgan fingerprint density at radius 1 is 1.19 bits per heavy atom. The standard InChI is InChI=1S/C20H37BN2O3S/c1-8-19(6,16(5)25)22-21-18(26)20(7,9-2)23-12-15(4)10-14(3)11-17(13-24)27-23/h13-15,17,21-22H,8-12H2,1-7H3. The molecule has 1 N–H and O–H groups in total. The molecule has 5 atom stereocenters. The molecule has 0 amide bonds. The van der Waals surface area contributed by atoms with Crippen LogP contribution >= 0.6 is 11.9 Å². The van der Waals surface area contributed by atoms with Crippen LogP contribution in [0.5, 0.6) is 0 Å². The first-order chi connectivity index (χ1) is 12.5. The maximum atomic E-state index is 13.2. The van der Waals surface area contributed by atoms with Gasteiger partial charge >= 0.3 is 0 Å². The van der Waals surface area contributed by atoms with Crippen molar-refractivity contribution in [3.63, 3.8) is 0 Å². The lowest BCUT2D eigenvalue weighted by Crippen LogP contribution is -2.59. The number of nitrogens with one attached hydrogen (secondary N) is 1. The van der Waals surface area contributed by atoms with Gasteiger partial charge in [-0.25, -0.2) is 4.31 Å². The fourth-order valence-corrected chi connectivity index (χ4v) is 5.26. The highest BCUT2D eigenvalue weighted by atomic mass is 32.2. The number of ketones is 1. The van der Waals surface area contributed by atoms with E-state index in [0.29, 0.717) is 24.7 Å². The molecule has 1 fully saturated rings. The summed E-state index contributed by atoms with van der Waals surface area (Å²) in [6.07, 6.45) is 4.23. The number of hydrogen-bond acceptors (Lipinski definition) is 6. The van der Waals surface area contributed by atoms with Gasteiger partial charge in [-0.1, -0.05) is 39.6 Å². The van der Waals surface area contributed by atoms with E-state index >= 15 is 0 Å². The quantitative estimate of drug-likeness (QED) is 0.367. The summed E-state index contributed by atoms with van der Waals surface area (Å²) in [4.78, 5) is 36.7. The summed E-state index contributed by atoms with van der Waals surface area (Å²) in [5.74, 6) is 1.01. The molecule has 1 rings (SSSR count). The number of rotatable bonds is 9. The fourth-order valence-electron chi connectivity index (χ4n) is 3.66. The van der Waals surface area contributed by atoms with E-state index in [1.807, 2.05) is 27.7 Å². The van der Waals surface area contributed by atoms with Gasteiger partial charge in [-0.3, -0.25) is 4.79 Å². The zero-order chi connectivity index (χ0) is 20.8. The predicted molar refractivity (Wildman–Crippen MR) is 115 cm³/mol. The third-order valence-corrected chi connectivity index (χ3v) is 7.68. The van der Waals surface area contributed by atoms with E-state index in [4.69, 9.17) is 0 Å². The summed E-state index contributed by atoms with van der Waals surface area (Å²) >= 11 is 1.53. The van der Waals surface area contributed by atoms with Gasteiger partial charge in [-0.2, -0.15) is 0 Å². The van der Waals surface area contributed by atoms with Crippen molar-refractivity contribution in [2.24, 2.45) is 11.8 Å². The fraction of sp³-hybridized carbons (Fsp3) is 0.850. The highest BCUT2D eigenvalue weighted by Crippen LogP contribution is 2.37. The molecule has 154 valence electrons. The minimum Gasteiger partial charge on any atom is -0.341 e. The zero-order valence-electron chi connectivity index (χ0n) is 18.1. The van der Waals surface area contributed by atoms with Crippen molar-refractivity contribution in [2.45, 2.75) is 90.5 Å². The van der Waals surface area contributed by atoms with Gasteiger partial charge in [0.25, 0.3) is 7.41 Å². The molecule has 1 heterocycles. The number of hydrogen-bond donors (Lipinski definition) is 1. The van der Waals surface area contributed by atoms with Gasteiger partial charge in [0.2, 0.25) is 0 Å². The predicted octanol–water partition coefficient (Wildman–Crippen LogP) is 2.96. The van der Waals surface area contributed by atoms with Crippen molar-refractivity contribution < 1.29 is 14.4 Å². The average molecular weight is 396 g/mol. The molecule has 0 spiro atoms. The Bertz CT molecular complexity index is 547.